The number of nitrogens with two attached hydrogens (primary N) is 1. The molecule has 1 aromatic rings. The van der Waals surface area contributed by atoms with Gasteiger partial charge in [0, 0.05) is 31.3 Å². The number of benzene rings is 1. The summed E-state index contributed by atoms with van der Waals surface area (Å²) in [6.45, 7) is 6.41. The van der Waals surface area contributed by atoms with Crippen molar-refractivity contribution in [1.82, 2.24) is 4.90 Å². The first-order valence-electron chi connectivity index (χ1n) is 7.04. The SMILES string of the molecule is CCOC1CCCN(Cc2ccc(CN)cc2Cl)C1. The summed E-state index contributed by atoms with van der Waals surface area (Å²) >= 11 is 6.31. The highest BCUT2D eigenvalue weighted by atomic mass is 35.5. The lowest BCUT2D eigenvalue weighted by Gasteiger charge is -2.32. The maximum Gasteiger partial charge on any atom is 0.0702 e. The number of halogens is 1. The fourth-order valence-electron chi connectivity index (χ4n) is 2.62. The molecule has 3 nitrogen and oxygen atoms in total. The summed E-state index contributed by atoms with van der Waals surface area (Å²) in [4.78, 5) is 2.42. The van der Waals surface area contributed by atoms with E-state index < -0.39 is 0 Å². The zero-order valence-electron chi connectivity index (χ0n) is 11.6. The van der Waals surface area contributed by atoms with Crippen LogP contribution in [0.3, 0.4) is 0 Å². The van der Waals surface area contributed by atoms with Crippen molar-refractivity contribution in [3.8, 4) is 0 Å². The summed E-state index contributed by atoms with van der Waals surface area (Å²) < 4.78 is 5.73. The monoisotopic (exact) mass is 282 g/mol. The van der Waals surface area contributed by atoms with E-state index in [2.05, 4.69) is 24.0 Å². The van der Waals surface area contributed by atoms with Crippen LogP contribution in [-0.2, 0) is 17.8 Å². The molecule has 1 atom stereocenters. The van der Waals surface area contributed by atoms with Crippen LogP contribution in [0.1, 0.15) is 30.9 Å². The molecule has 0 aromatic heterocycles. The Bertz CT molecular complexity index is 409. The second-order valence-electron chi connectivity index (χ2n) is 5.08. The minimum absolute atomic E-state index is 0.376. The largest absolute Gasteiger partial charge is 0.377 e. The zero-order chi connectivity index (χ0) is 13.7. The van der Waals surface area contributed by atoms with Crippen molar-refractivity contribution in [3.63, 3.8) is 0 Å². The molecule has 0 amide bonds. The average Bonchev–Trinajstić information content (AvgIpc) is 2.42. The van der Waals surface area contributed by atoms with Crippen LogP contribution in [0.2, 0.25) is 5.02 Å². The Kier molecular flexibility index (Phi) is 5.64. The van der Waals surface area contributed by atoms with Crippen molar-refractivity contribution in [3.05, 3.63) is 34.3 Å². The fraction of sp³-hybridized carbons (Fsp3) is 0.600. The van der Waals surface area contributed by atoms with Gasteiger partial charge in [-0.1, -0.05) is 23.7 Å². The van der Waals surface area contributed by atoms with Crippen LogP contribution in [0.25, 0.3) is 0 Å². The summed E-state index contributed by atoms with van der Waals surface area (Å²) in [7, 11) is 0. The van der Waals surface area contributed by atoms with Gasteiger partial charge in [-0.15, -0.1) is 0 Å². The van der Waals surface area contributed by atoms with Crippen LogP contribution in [0.5, 0.6) is 0 Å². The van der Waals surface area contributed by atoms with Crippen molar-refractivity contribution >= 4 is 11.6 Å². The third-order valence-electron chi connectivity index (χ3n) is 3.61. The molecule has 2 rings (SSSR count). The van der Waals surface area contributed by atoms with Gasteiger partial charge < -0.3 is 10.5 Å². The molecule has 1 unspecified atom stereocenters. The van der Waals surface area contributed by atoms with E-state index in [0.29, 0.717) is 12.6 Å². The van der Waals surface area contributed by atoms with E-state index in [4.69, 9.17) is 22.1 Å². The molecular weight excluding hydrogens is 260 g/mol. The van der Waals surface area contributed by atoms with E-state index in [1.807, 2.05) is 6.07 Å². The second-order valence-corrected chi connectivity index (χ2v) is 5.49. The lowest BCUT2D eigenvalue weighted by molar-refractivity contribution is 0.00364. The maximum atomic E-state index is 6.31. The van der Waals surface area contributed by atoms with Crippen LogP contribution in [0, 0.1) is 0 Å². The van der Waals surface area contributed by atoms with Crippen molar-refractivity contribution in [2.45, 2.75) is 39.0 Å². The fourth-order valence-corrected chi connectivity index (χ4v) is 2.88. The van der Waals surface area contributed by atoms with E-state index in [-0.39, 0.29) is 0 Å². The Labute approximate surface area is 120 Å². The molecule has 4 heteroatoms. The first-order valence-corrected chi connectivity index (χ1v) is 7.42. The quantitative estimate of drug-likeness (QED) is 0.902. The Morgan fingerprint density at radius 2 is 2.32 bits per heavy atom. The summed E-state index contributed by atoms with van der Waals surface area (Å²) in [6.07, 6.45) is 2.74. The van der Waals surface area contributed by atoms with Gasteiger partial charge in [-0.25, -0.2) is 0 Å². The molecule has 0 bridgehead atoms. The highest BCUT2D eigenvalue weighted by molar-refractivity contribution is 6.31. The molecule has 1 aromatic carbocycles. The minimum Gasteiger partial charge on any atom is -0.377 e. The number of nitrogens with zero attached hydrogens (tertiary/aromatic N) is 1. The Morgan fingerprint density at radius 1 is 1.47 bits per heavy atom. The Hall–Kier alpha value is -0.610. The normalized spacial score (nSPS) is 20.7. The molecule has 19 heavy (non-hydrogen) atoms. The molecule has 1 aliphatic rings. The van der Waals surface area contributed by atoms with Crippen LogP contribution in [0.4, 0.5) is 0 Å². The van der Waals surface area contributed by atoms with E-state index >= 15 is 0 Å². The third-order valence-corrected chi connectivity index (χ3v) is 3.96. The van der Waals surface area contributed by atoms with Crippen molar-refractivity contribution in [2.75, 3.05) is 19.7 Å². The van der Waals surface area contributed by atoms with Crippen LogP contribution >= 0.6 is 11.6 Å². The van der Waals surface area contributed by atoms with Gasteiger partial charge in [0.15, 0.2) is 0 Å². The average molecular weight is 283 g/mol. The molecule has 1 fully saturated rings. The zero-order valence-corrected chi connectivity index (χ0v) is 12.3. The van der Waals surface area contributed by atoms with Crippen molar-refractivity contribution in [1.29, 1.82) is 0 Å². The minimum atomic E-state index is 0.376. The first kappa shape index (κ1) is 14.8. The van der Waals surface area contributed by atoms with Gasteiger partial charge in [0.05, 0.1) is 6.10 Å². The standard InChI is InChI=1S/C15H23ClN2O/c1-2-19-14-4-3-7-18(11-14)10-13-6-5-12(9-17)8-15(13)16/h5-6,8,14H,2-4,7,9-11,17H2,1H3. The van der Waals surface area contributed by atoms with E-state index in [1.54, 1.807) is 0 Å². The van der Waals surface area contributed by atoms with Crippen LogP contribution in [-0.4, -0.2) is 30.7 Å². The molecule has 0 radical (unpaired) electrons. The molecule has 0 spiro atoms. The summed E-state index contributed by atoms with van der Waals surface area (Å²) in [5, 5.41) is 0.821. The molecule has 0 saturated carbocycles. The number of hydrogen-bond acceptors (Lipinski definition) is 3. The molecule has 106 valence electrons. The van der Waals surface area contributed by atoms with Gasteiger partial charge in [0.25, 0.3) is 0 Å². The predicted molar refractivity (Wildman–Crippen MR) is 79.3 cm³/mol. The summed E-state index contributed by atoms with van der Waals surface area (Å²) in [5.41, 5.74) is 7.88. The van der Waals surface area contributed by atoms with Gasteiger partial charge >= 0.3 is 0 Å². The van der Waals surface area contributed by atoms with Gasteiger partial charge in [-0.2, -0.15) is 0 Å². The third kappa shape index (κ3) is 4.18. The van der Waals surface area contributed by atoms with Gasteiger partial charge in [0.1, 0.15) is 0 Å². The molecule has 0 aliphatic carbocycles. The number of rotatable bonds is 5. The van der Waals surface area contributed by atoms with E-state index in [0.717, 1.165) is 36.8 Å². The topological polar surface area (TPSA) is 38.5 Å². The first-order chi connectivity index (χ1) is 9.22. The smallest absolute Gasteiger partial charge is 0.0702 e. The van der Waals surface area contributed by atoms with Gasteiger partial charge in [0.2, 0.25) is 0 Å². The lowest BCUT2D eigenvalue weighted by atomic mass is 10.1. The number of ether oxygens (including phenoxy) is 1. The van der Waals surface area contributed by atoms with Gasteiger partial charge in [-0.3, -0.25) is 4.90 Å². The second kappa shape index (κ2) is 7.25. The maximum absolute atomic E-state index is 6.31. The Morgan fingerprint density at radius 3 is 3.00 bits per heavy atom. The van der Waals surface area contributed by atoms with Crippen LogP contribution < -0.4 is 5.73 Å². The van der Waals surface area contributed by atoms with Crippen molar-refractivity contribution in [2.24, 2.45) is 5.73 Å². The number of hydrogen-bond donors (Lipinski definition) is 1. The van der Waals surface area contributed by atoms with Gasteiger partial charge in [-0.05, 0) is 43.5 Å². The molecule has 1 saturated heterocycles. The number of piperidine rings is 1. The molecule has 2 N–H and O–H groups in total. The summed E-state index contributed by atoms with van der Waals surface area (Å²) in [5.74, 6) is 0. The van der Waals surface area contributed by atoms with E-state index in [9.17, 15) is 0 Å². The molecule has 1 heterocycles. The Balaban J connectivity index is 1.96. The highest BCUT2D eigenvalue weighted by Crippen LogP contribution is 2.22. The molecular formula is C15H23ClN2O. The molecule has 1 aliphatic heterocycles. The lowest BCUT2D eigenvalue weighted by Crippen LogP contribution is -2.39. The summed E-state index contributed by atoms with van der Waals surface area (Å²) in [6, 6.07) is 6.13. The number of likely N-dealkylation sites (tertiary alicyclic amines) is 1. The van der Waals surface area contributed by atoms with Crippen molar-refractivity contribution < 1.29 is 4.74 Å². The van der Waals surface area contributed by atoms with Crippen LogP contribution in [0.15, 0.2) is 18.2 Å². The predicted octanol–water partition coefficient (Wildman–Crippen LogP) is 2.80. The van der Waals surface area contributed by atoms with E-state index in [1.165, 1.54) is 18.4 Å². The highest BCUT2D eigenvalue weighted by Gasteiger charge is 2.20.